The summed E-state index contributed by atoms with van der Waals surface area (Å²) >= 11 is 0. The molecule has 3 nitrogen and oxygen atoms in total. The molecule has 0 aromatic heterocycles. The molecule has 2 rings (SSSR count). The largest absolute Gasteiger partial charge is 0.381 e. The molecule has 2 N–H and O–H groups in total. The molecule has 0 radical (unpaired) electrons. The van der Waals surface area contributed by atoms with Gasteiger partial charge in [0, 0.05) is 32.3 Å². The Morgan fingerprint density at radius 1 is 1.40 bits per heavy atom. The fourth-order valence-corrected chi connectivity index (χ4v) is 2.91. The molecule has 0 bridgehead atoms. The molecule has 88 valence electrons. The van der Waals surface area contributed by atoms with E-state index in [1.165, 1.54) is 38.8 Å². The molecule has 1 unspecified atom stereocenters. The van der Waals surface area contributed by atoms with Crippen molar-refractivity contribution in [3.05, 3.63) is 0 Å². The van der Waals surface area contributed by atoms with Crippen LogP contribution in [0.3, 0.4) is 0 Å². The maximum atomic E-state index is 5.95. The number of rotatable bonds is 3. The summed E-state index contributed by atoms with van der Waals surface area (Å²) in [6.45, 7) is 7.76. The van der Waals surface area contributed by atoms with Crippen LogP contribution < -0.4 is 5.73 Å². The predicted molar refractivity (Wildman–Crippen MR) is 61.8 cm³/mol. The van der Waals surface area contributed by atoms with E-state index < -0.39 is 0 Å². The fraction of sp³-hybridized carbons (Fsp3) is 1.00. The minimum absolute atomic E-state index is 0.416. The van der Waals surface area contributed by atoms with Gasteiger partial charge in [0.1, 0.15) is 0 Å². The van der Waals surface area contributed by atoms with Crippen LogP contribution in [0.5, 0.6) is 0 Å². The highest BCUT2D eigenvalue weighted by Crippen LogP contribution is 2.35. The van der Waals surface area contributed by atoms with Gasteiger partial charge in [-0.15, -0.1) is 0 Å². The minimum atomic E-state index is 0.416. The predicted octanol–water partition coefficient (Wildman–Crippen LogP) is 1.23. The van der Waals surface area contributed by atoms with E-state index in [4.69, 9.17) is 10.5 Å². The number of ether oxygens (including phenoxy) is 1. The third-order valence-corrected chi connectivity index (χ3v) is 4.17. The van der Waals surface area contributed by atoms with Gasteiger partial charge in [0.15, 0.2) is 0 Å². The maximum Gasteiger partial charge on any atom is 0.0471 e. The second kappa shape index (κ2) is 4.81. The van der Waals surface area contributed by atoms with Gasteiger partial charge >= 0.3 is 0 Å². The van der Waals surface area contributed by atoms with Gasteiger partial charge in [-0.3, -0.25) is 0 Å². The smallest absolute Gasteiger partial charge is 0.0471 e. The van der Waals surface area contributed by atoms with Gasteiger partial charge in [-0.2, -0.15) is 0 Å². The lowest BCUT2D eigenvalue weighted by Crippen LogP contribution is -2.41. The number of nitrogens with zero attached hydrogens (tertiary/aromatic N) is 1. The molecular weight excluding hydrogens is 188 g/mol. The SMILES string of the molecule is CCC1(CN2CCC(N)C2)CCOCC1. The molecule has 0 aromatic rings. The van der Waals surface area contributed by atoms with Crippen molar-refractivity contribution < 1.29 is 4.74 Å². The highest BCUT2D eigenvalue weighted by Gasteiger charge is 2.34. The van der Waals surface area contributed by atoms with Gasteiger partial charge in [0.2, 0.25) is 0 Å². The Hall–Kier alpha value is -0.120. The third kappa shape index (κ3) is 2.71. The van der Waals surface area contributed by atoms with E-state index in [0.717, 1.165) is 19.8 Å². The van der Waals surface area contributed by atoms with E-state index in [0.29, 0.717) is 11.5 Å². The van der Waals surface area contributed by atoms with Crippen molar-refractivity contribution in [3.63, 3.8) is 0 Å². The molecule has 1 atom stereocenters. The summed E-state index contributed by atoms with van der Waals surface area (Å²) in [4.78, 5) is 2.56. The minimum Gasteiger partial charge on any atom is -0.381 e. The summed E-state index contributed by atoms with van der Waals surface area (Å²) in [6, 6.07) is 0.416. The lowest BCUT2D eigenvalue weighted by atomic mass is 9.77. The first-order valence-corrected chi connectivity index (χ1v) is 6.30. The molecule has 2 aliphatic rings. The number of likely N-dealkylation sites (tertiary alicyclic amines) is 1. The van der Waals surface area contributed by atoms with Crippen LogP contribution in [-0.4, -0.2) is 43.8 Å². The third-order valence-electron chi connectivity index (χ3n) is 4.17. The molecule has 2 aliphatic heterocycles. The summed E-state index contributed by atoms with van der Waals surface area (Å²) < 4.78 is 5.47. The summed E-state index contributed by atoms with van der Waals surface area (Å²) in [5.41, 5.74) is 6.46. The zero-order valence-electron chi connectivity index (χ0n) is 9.87. The van der Waals surface area contributed by atoms with Crippen molar-refractivity contribution in [3.8, 4) is 0 Å². The first-order chi connectivity index (χ1) is 7.24. The van der Waals surface area contributed by atoms with Gasteiger partial charge in [-0.25, -0.2) is 0 Å². The van der Waals surface area contributed by atoms with Crippen LogP contribution in [-0.2, 0) is 4.74 Å². The highest BCUT2D eigenvalue weighted by atomic mass is 16.5. The van der Waals surface area contributed by atoms with Gasteiger partial charge in [0.05, 0.1) is 0 Å². The normalized spacial score (nSPS) is 32.0. The Bertz CT molecular complexity index is 202. The van der Waals surface area contributed by atoms with Crippen molar-refractivity contribution in [2.24, 2.45) is 11.1 Å². The monoisotopic (exact) mass is 212 g/mol. The molecule has 0 aromatic carbocycles. The van der Waals surface area contributed by atoms with Crippen molar-refractivity contribution in [2.45, 2.75) is 38.6 Å². The Morgan fingerprint density at radius 2 is 2.13 bits per heavy atom. The number of nitrogens with two attached hydrogens (primary N) is 1. The number of hydrogen-bond acceptors (Lipinski definition) is 3. The summed E-state index contributed by atoms with van der Waals surface area (Å²) in [5.74, 6) is 0. The molecule has 2 saturated heterocycles. The van der Waals surface area contributed by atoms with Gasteiger partial charge in [-0.1, -0.05) is 6.92 Å². The highest BCUT2D eigenvalue weighted by molar-refractivity contribution is 4.87. The molecular formula is C12H24N2O. The van der Waals surface area contributed by atoms with E-state index in [-0.39, 0.29) is 0 Å². The Kier molecular flexibility index (Phi) is 3.65. The lowest BCUT2D eigenvalue weighted by Gasteiger charge is -2.39. The van der Waals surface area contributed by atoms with Crippen LogP contribution in [0.15, 0.2) is 0 Å². The van der Waals surface area contributed by atoms with Crippen LogP contribution >= 0.6 is 0 Å². The summed E-state index contributed by atoms with van der Waals surface area (Å²) in [7, 11) is 0. The fourth-order valence-electron chi connectivity index (χ4n) is 2.91. The van der Waals surface area contributed by atoms with Gasteiger partial charge in [0.25, 0.3) is 0 Å². The van der Waals surface area contributed by atoms with Crippen LogP contribution in [0.1, 0.15) is 32.6 Å². The second-order valence-electron chi connectivity index (χ2n) is 5.25. The lowest BCUT2D eigenvalue weighted by molar-refractivity contribution is -0.00359. The zero-order valence-corrected chi connectivity index (χ0v) is 9.87. The standard InChI is InChI=1S/C12H24N2O/c1-2-12(4-7-15-8-5-12)10-14-6-3-11(13)9-14/h11H,2-10,13H2,1H3. The van der Waals surface area contributed by atoms with Crippen LogP contribution in [0.2, 0.25) is 0 Å². The van der Waals surface area contributed by atoms with Crippen molar-refractivity contribution in [1.82, 2.24) is 4.90 Å². The zero-order chi connectivity index (χ0) is 10.7. The molecule has 0 amide bonds. The first kappa shape index (κ1) is 11.4. The van der Waals surface area contributed by atoms with Crippen LogP contribution in [0.25, 0.3) is 0 Å². The van der Waals surface area contributed by atoms with E-state index in [2.05, 4.69) is 11.8 Å². The van der Waals surface area contributed by atoms with E-state index in [1.54, 1.807) is 0 Å². The molecule has 0 saturated carbocycles. The van der Waals surface area contributed by atoms with E-state index in [9.17, 15) is 0 Å². The van der Waals surface area contributed by atoms with Crippen molar-refractivity contribution in [2.75, 3.05) is 32.8 Å². The average Bonchev–Trinajstić information content (AvgIpc) is 2.65. The van der Waals surface area contributed by atoms with E-state index >= 15 is 0 Å². The van der Waals surface area contributed by atoms with Crippen LogP contribution in [0.4, 0.5) is 0 Å². The molecule has 0 aliphatic carbocycles. The quantitative estimate of drug-likeness (QED) is 0.764. The molecule has 2 fully saturated rings. The van der Waals surface area contributed by atoms with E-state index in [1.807, 2.05) is 0 Å². The average molecular weight is 212 g/mol. The molecule has 3 heteroatoms. The van der Waals surface area contributed by atoms with Gasteiger partial charge < -0.3 is 15.4 Å². The van der Waals surface area contributed by atoms with Crippen molar-refractivity contribution in [1.29, 1.82) is 0 Å². The first-order valence-electron chi connectivity index (χ1n) is 6.30. The van der Waals surface area contributed by atoms with Crippen molar-refractivity contribution >= 4 is 0 Å². The molecule has 15 heavy (non-hydrogen) atoms. The second-order valence-corrected chi connectivity index (χ2v) is 5.25. The van der Waals surface area contributed by atoms with Gasteiger partial charge in [-0.05, 0) is 37.6 Å². The Balaban J connectivity index is 1.89. The maximum absolute atomic E-state index is 5.95. The Morgan fingerprint density at radius 3 is 2.67 bits per heavy atom. The summed E-state index contributed by atoms with van der Waals surface area (Å²) in [5, 5.41) is 0. The molecule has 0 spiro atoms. The van der Waals surface area contributed by atoms with Crippen LogP contribution in [0, 0.1) is 5.41 Å². The Labute approximate surface area is 93.0 Å². The number of hydrogen-bond donors (Lipinski definition) is 1. The topological polar surface area (TPSA) is 38.5 Å². The summed E-state index contributed by atoms with van der Waals surface area (Å²) in [6.07, 6.45) is 4.92. The molecule has 2 heterocycles.